The van der Waals surface area contributed by atoms with Crippen molar-refractivity contribution in [2.75, 3.05) is 11.4 Å². The summed E-state index contributed by atoms with van der Waals surface area (Å²) in [5.74, 6) is 0. The second kappa shape index (κ2) is 3.67. The molecule has 0 spiro atoms. The van der Waals surface area contributed by atoms with E-state index in [9.17, 15) is 8.42 Å². The SMILES string of the molecule is O=S(=O)(O)c1ccc(N2C=CCC2)cc1. The van der Waals surface area contributed by atoms with Crippen LogP contribution in [0.1, 0.15) is 6.42 Å². The van der Waals surface area contributed by atoms with Gasteiger partial charge < -0.3 is 4.90 Å². The number of nitrogens with zero attached hydrogens (tertiary/aromatic N) is 1. The minimum absolute atomic E-state index is 0.0746. The molecule has 0 unspecified atom stereocenters. The number of hydrogen-bond donors (Lipinski definition) is 1. The molecule has 1 aliphatic heterocycles. The van der Waals surface area contributed by atoms with E-state index in [2.05, 4.69) is 6.08 Å². The van der Waals surface area contributed by atoms with Gasteiger partial charge in [-0.1, -0.05) is 6.08 Å². The van der Waals surface area contributed by atoms with Crippen LogP contribution in [0.25, 0.3) is 0 Å². The Labute approximate surface area is 88.6 Å². The summed E-state index contributed by atoms with van der Waals surface area (Å²) in [6, 6.07) is 6.16. The third-order valence-corrected chi connectivity index (χ3v) is 3.16. The van der Waals surface area contributed by atoms with Gasteiger partial charge in [-0.2, -0.15) is 8.42 Å². The summed E-state index contributed by atoms with van der Waals surface area (Å²) in [5, 5.41) is 0. The highest BCUT2D eigenvalue weighted by Crippen LogP contribution is 2.20. The average Bonchev–Trinajstić information content (AvgIpc) is 2.69. The predicted octanol–water partition coefficient (Wildman–Crippen LogP) is 1.66. The molecule has 1 aliphatic rings. The van der Waals surface area contributed by atoms with Crippen molar-refractivity contribution in [1.82, 2.24) is 0 Å². The van der Waals surface area contributed by atoms with Gasteiger partial charge in [-0.15, -0.1) is 0 Å². The first-order chi connectivity index (χ1) is 7.07. The van der Waals surface area contributed by atoms with Crippen LogP contribution in [0.5, 0.6) is 0 Å². The normalized spacial score (nSPS) is 15.9. The van der Waals surface area contributed by atoms with Crippen LogP contribution in [0.4, 0.5) is 5.69 Å². The fourth-order valence-corrected chi connectivity index (χ4v) is 1.99. The molecule has 0 saturated heterocycles. The molecule has 1 heterocycles. The maximum Gasteiger partial charge on any atom is 0.294 e. The van der Waals surface area contributed by atoms with E-state index in [1.807, 2.05) is 11.1 Å². The summed E-state index contributed by atoms with van der Waals surface area (Å²) in [7, 11) is -4.08. The third kappa shape index (κ3) is 2.19. The van der Waals surface area contributed by atoms with Gasteiger partial charge in [0.25, 0.3) is 10.1 Å². The van der Waals surface area contributed by atoms with E-state index in [0.717, 1.165) is 18.7 Å². The fourth-order valence-electron chi connectivity index (χ4n) is 1.51. The molecule has 1 N–H and O–H groups in total. The number of hydrogen-bond acceptors (Lipinski definition) is 3. The Kier molecular flexibility index (Phi) is 2.50. The number of rotatable bonds is 2. The van der Waals surface area contributed by atoms with Crippen molar-refractivity contribution in [3.8, 4) is 0 Å². The maximum atomic E-state index is 10.8. The first-order valence-corrected chi connectivity index (χ1v) is 6.02. The summed E-state index contributed by atoms with van der Waals surface area (Å²) < 4.78 is 30.4. The van der Waals surface area contributed by atoms with Crippen LogP contribution < -0.4 is 4.90 Å². The lowest BCUT2D eigenvalue weighted by Gasteiger charge is -2.15. The first-order valence-electron chi connectivity index (χ1n) is 4.58. The molecule has 0 amide bonds. The molecule has 0 atom stereocenters. The van der Waals surface area contributed by atoms with Gasteiger partial charge in [0, 0.05) is 18.4 Å². The highest BCUT2D eigenvalue weighted by molar-refractivity contribution is 7.85. The van der Waals surface area contributed by atoms with Crippen molar-refractivity contribution in [1.29, 1.82) is 0 Å². The van der Waals surface area contributed by atoms with Gasteiger partial charge in [0.15, 0.2) is 0 Å². The summed E-state index contributed by atoms with van der Waals surface area (Å²) in [5.41, 5.74) is 0.927. The molecule has 15 heavy (non-hydrogen) atoms. The van der Waals surface area contributed by atoms with E-state index in [-0.39, 0.29) is 4.90 Å². The molecule has 2 rings (SSSR count). The van der Waals surface area contributed by atoms with E-state index in [1.165, 1.54) is 12.1 Å². The smallest absolute Gasteiger partial charge is 0.294 e. The van der Waals surface area contributed by atoms with Crippen LogP contribution in [-0.4, -0.2) is 19.5 Å². The Morgan fingerprint density at radius 3 is 2.33 bits per heavy atom. The van der Waals surface area contributed by atoms with Gasteiger partial charge in [-0.05, 0) is 30.7 Å². The van der Waals surface area contributed by atoms with Gasteiger partial charge in [0.05, 0.1) is 4.90 Å². The van der Waals surface area contributed by atoms with Gasteiger partial charge in [0.2, 0.25) is 0 Å². The second-order valence-corrected chi connectivity index (χ2v) is 4.76. The Balaban J connectivity index is 2.28. The Bertz CT molecular complexity index is 476. The number of benzene rings is 1. The first kappa shape index (κ1) is 10.2. The van der Waals surface area contributed by atoms with Crippen LogP contribution in [0.15, 0.2) is 41.4 Å². The van der Waals surface area contributed by atoms with Crippen LogP contribution in [0.3, 0.4) is 0 Å². The van der Waals surface area contributed by atoms with Gasteiger partial charge in [-0.25, -0.2) is 0 Å². The molecule has 1 aromatic carbocycles. The second-order valence-electron chi connectivity index (χ2n) is 3.34. The minimum atomic E-state index is -4.08. The number of anilines is 1. The quantitative estimate of drug-likeness (QED) is 0.778. The molecule has 4 nitrogen and oxygen atoms in total. The van der Waals surface area contributed by atoms with E-state index in [0.29, 0.717) is 0 Å². The summed E-state index contributed by atoms with van der Waals surface area (Å²) in [6.07, 6.45) is 5.01. The van der Waals surface area contributed by atoms with E-state index in [1.54, 1.807) is 12.1 Å². The largest absolute Gasteiger partial charge is 0.348 e. The third-order valence-electron chi connectivity index (χ3n) is 2.29. The van der Waals surface area contributed by atoms with E-state index < -0.39 is 10.1 Å². The van der Waals surface area contributed by atoms with Crippen molar-refractivity contribution >= 4 is 15.8 Å². The Hall–Kier alpha value is -1.33. The fraction of sp³-hybridized carbons (Fsp3) is 0.200. The van der Waals surface area contributed by atoms with E-state index in [4.69, 9.17) is 4.55 Å². The van der Waals surface area contributed by atoms with Crippen molar-refractivity contribution in [3.05, 3.63) is 36.5 Å². The van der Waals surface area contributed by atoms with Gasteiger partial charge in [0.1, 0.15) is 0 Å². The monoisotopic (exact) mass is 225 g/mol. The topological polar surface area (TPSA) is 57.6 Å². The summed E-state index contributed by atoms with van der Waals surface area (Å²) in [4.78, 5) is 1.95. The minimum Gasteiger partial charge on any atom is -0.348 e. The van der Waals surface area contributed by atoms with Crippen molar-refractivity contribution in [3.63, 3.8) is 0 Å². The zero-order valence-electron chi connectivity index (χ0n) is 8.00. The highest BCUT2D eigenvalue weighted by atomic mass is 32.2. The Morgan fingerprint density at radius 2 is 1.87 bits per heavy atom. The van der Waals surface area contributed by atoms with Crippen LogP contribution in [0, 0.1) is 0 Å². The molecule has 0 aliphatic carbocycles. The van der Waals surface area contributed by atoms with Crippen LogP contribution >= 0.6 is 0 Å². The molecule has 0 bridgehead atoms. The van der Waals surface area contributed by atoms with Crippen molar-refractivity contribution < 1.29 is 13.0 Å². The zero-order chi connectivity index (χ0) is 10.9. The maximum absolute atomic E-state index is 10.8. The molecule has 80 valence electrons. The summed E-state index contributed by atoms with van der Waals surface area (Å²) in [6.45, 7) is 0.908. The van der Waals surface area contributed by atoms with Crippen LogP contribution in [0.2, 0.25) is 0 Å². The molecular formula is C10H11NO3S. The zero-order valence-corrected chi connectivity index (χ0v) is 8.81. The molecule has 1 aromatic rings. The Morgan fingerprint density at radius 1 is 1.20 bits per heavy atom. The molecule has 0 aromatic heterocycles. The van der Waals surface area contributed by atoms with Crippen molar-refractivity contribution in [2.24, 2.45) is 0 Å². The molecule has 0 fully saturated rings. The van der Waals surface area contributed by atoms with Gasteiger partial charge in [-0.3, -0.25) is 4.55 Å². The van der Waals surface area contributed by atoms with E-state index >= 15 is 0 Å². The van der Waals surface area contributed by atoms with Crippen LogP contribution in [-0.2, 0) is 10.1 Å². The lowest BCUT2D eigenvalue weighted by atomic mass is 10.3. The lowest BCUT2D eigenvalue weighted by Crippen LogP contribution is -2.12. The average molecular weight is 225 g/mol. The van der Waals surface area contributed by atoms with Crippen molar-refractivity contribution in [2.45, 2.75) is 11.3 Å². The summed E-state index contributed by atoms with van der Waals surface area (Å²) >= 11 is 0. The molecule has 5 heteroatoms. The standard InChI is InChI=1S/C10H11NO3S/c12-15(13,14)10-5-3-9(4-6-10)11-7-1-2-8-11/h1,3-7H,2,8H2,(H,12,13,14). The van der Waals surface area contributed by atoms with Gasteiger partial charge >= 0.3 is 0 Å². The molecular weight excluding hydrogens is 214 g/mol. The lowest BCUT2D eigenvalue weighted by molar-refractivity contribution is 0.483. The predicted molar refractivity (Wildman–Crippen MR) is 57.4 cm³/mol. The molecule has 0 saturated carbocycles. The molecule has 0 radical (unpaired) electrons. The highest BCUT2D eigenvalue weighted by Gasteiger charge is 2.11.